The van der Waals surface area contributed by atoms with Gasteiger partial charge in [-0.15, -0.1) is 0 Å². The lowest BCUT2D eigenvalue weighted by Gasteiger charge is -2.32. The molecule has 1 unspecified atom stereocenters. The van der Waals surface area contributed by atoms with Gasteiger partial charge in [0.25, 0.3) is 0 Å². The van der Waals surface area contributed by atoms with E-state index in [0.29, 0.717) is 0 Å². The Balaban J connectivity index is 1.72. The Bertz CT molecular complexity index is 962. The average Bonchev–Trinajstić information content (AvgIpc) is 2.96. The average molecular weight is 513 g/mol. The Morgan fingerprint density at radius 2 is 0.784 bits per heavy atom. The molecule has 0 aromatic heterocycles. The zero-order valence-electron chi connectivity index (χ0n) is 21.5. The maximum Gasteiger partial charge on any atom is 0.118 e. The summed E-state index contributed by atoms with van der Waals surface area (Å²) in [6.07, 6.45) is -2.23. The third kappa shape index (κ3) is 8.73. The minimum atomic E-state index is -0.742. The van der Waals surface area contributed by atoms with Gasteiger partial charge in [0, 0.05) is 0 Å². The number of hydrogen-bond donors (Lipinski definition) is 2. The van der Waals surface area contributed by atoms with Crippen LogP contribution in [0.1, 0.15) is 16.7 Å². The molecule has 0 saturated heterocycles. The number of rotatable bonds is 16. The van der Waals surface area contributed by atoms with Gasteiger partial charge in [0.05, 0.1) is 54.4 Å². The van der Waals surface area contributed by atoms with Crippen molar-refractivity contribution in [2.24, 2.45) is 0 Å². The Hall–Kier alpha value is -3.14. The minimum absolute atomic E-state index is 0.236. The number of benzene rings is 3. The van der Waals surface area contributed by atoms with Crippen molar-refractivity contribution in [2.75, 3.05) is 34.5 Å². The standard InChI is InChI=1S/C29H36O8/c1-32-24-10-4-21(5-11-24)18-35-27(16-30)29(37-20-23-8-14-26(34-3)15-9-23)28(17-31)36-19-22-6-12-25(33-2)13-7-22/h4-15,27-31H,16-20H2,1-3H3/t27-,28+,29?. The molecule has 3 rings (SSSR count). The molecule has 0 bridgehead atoms. The van der Waals surface area contributed by atoms with E-state index in [1.165, 1.54) is 0 Å². The van der Waals surface area contributed by atoms with Gasteiger partial charge in [0.2, 0.25) is 0 Å². The highest BCUT2D eigenvalue weighted by Crippen LogP contribution is 2.21. The SMILES string of the molecule is COc1ccc(COC([C@H](CO)OCc2ccc(OC)cc2)[C@@H](CO)OCc2ccc(OC)cc2)cc1. The smallest absolute Gasteiger partial charge is 0.118 e. The van der Waals surface area contributed by atoms with E-state index in [2.05, 4.69) is 0 Å². The highest BCUT2D eigenvalue weighted by atomic mass is 16.6. The molecule has 37 heavy (non-hydrogen) atoms. The van der Waals surface area contributed by atoms with Gasteiger partial charge in [-0.1, -0.05) is 36.4 Å². The summed E-state index contributed by atoms with van der Waals surface area (Å²) in [6, 6.07) is 22.4. The zero-order chi connectivity index (χ0) is 26.5. The van der Waals surface area contributed by atoms with E-state index in [9.17, 15) is 10.2 Å². The molecule has 3 aromatic rings. The molecule has 8 heteroatoms. The van der Waals surface area contributed by atoms with E-state index in [1.807, 2.05) is 72.8 Å². The summed E-state index contributed by atoms with van der Waals surface area (Å²) in [7, 11) is 4.83. The summed E-state index contributed by atoms with van der Waals surface area (Å²) >= 11 is 0. The van der Waals surface area contributed by atoms with Crippen LogP contribution in [0.3, 0.4) is 0 Å². The Labute approximate surface area is 218 Å². The highest BCUT2D eigenvalue weighted by molar-refractivity contribution is 5.28. The fourth-order valence-corrected chi connectivity index (χ4v) is 3.72. The molecule has 8 nitrogen and oxygen atoms in total. The topological polar surface area (TPSA) is 95.8 Å². The maximum atomic E-state index is 10.2. The molecule has 0 amide bonds. The second kappa shape index (κ2) is 15.2. The first-order chi connectivity index (χ1) is 18.1. The Morgan fingerprint density at radius 1 is 0.486 bits per heavy atom. The molecule has 0 radical (unpaired) electrons. The summed E-state index contributed by atoms with van der Waals surface area (Å²) in [5, 5.41) is 20.4. The third-order valence-corrected chi connectivity index (χ3v) is 5.94. The first kappa shape index (κ1) is 28.4. The molecule has 0 fully saturated rings. The predicted molar refractivity (Wildman–Crippen MR) is 139 cm³/mol. The fourth-order valence-electron chi connectivity index (χ4n) is 3.72. The van der Waals surface area contributed by atoms with Crippen molar-refractivity contribution >= 4 is 0 Å². The van der Waals surface area contributed by atoms with Gasteiger partial charge < -0.3 is 38.6 Å². The van der Waals surface area contributed by atoms with Crippen molar-refractivity contribution in [1.29, 1.82) is 0 Å². The molecule has 3 aromatic carbocycles. The number of methoxy groups -OCH3 is 3. The second-order valence-corrected chi connectivity index (χ2v) is 8.38. The number of ether oxygens (including phenoxy) is 6. The molecular weight excluding hydrogens is 476 g/mol. The third-order valence-electron chi connectivity index (χ3n) is 5.94. The van der Waals surface area contributed by atoms with Crippen molar-refractivity contribution in [3.8, 4) is 17.2 Å². The second-order valence-electron chi connectivity index (χ2n) is 8.38. The summed E-state index contributed by atoms with van der Waals surface area (Å²) in [5.41, 5.74) is 2.73. The van der Waals surface area contributed by atoms with Crippen LogP contribution >= 0.6 is 0 Å². The predicted octanol–water partition coefficient (Wildman–Crippen LogP) is 3.75. The molecule has 2 N–H and O–H groups in total. The molecule has 0 aliphatic carbocycles. The van der Waals surface area contributed by atoms with Crippen LogP contribution in [-0.2, 0) is 34.0 Å². The fraction of sp³-hybridized carbons (Fsp3) is 0.379. The minimum Gasteiger partial charge on any atom is -0.497 e. The van der Waals surface area contributed by atoms with Gasteiger partial charge in [-0.25, -0.2) is 0 Å². The summed E-state index contributed by atoms with van der Waals surface area (Å²) in [4.78, 5) is 0. The van der Waals surface area contributed by atoms with Crippen molar-refractivity contribution in [3.05, 3.63) is 89.5 Å². The van der Waals surface area contributed by atoms with Crippen molar-refractivity contribution in [3.63, 3.8) is 0 Å². The monoisotopic (exact) mass is 512 g/mol. The van der Waals surface area contributed by atoms with Crippen LogP contribution in [0.5, 0.6) is 17.2 Å². The summed E-state index contributed by atoms with van der Waals surface area (Å²) in [6.45, 7) is 0.0968. The quantitative estimate of drug-likeness (QED) is 0.300. The van der Waals surface area contributed by atoms with Crippen LogP contribution in [-0.4, -0.2) is 63.1 Å². The summed E-state index contributed by atoms with van der Waals surface area (Å²) in [5.74, 6) is 2.23. The molecule has 0 heterocycles. The van der Waals surface area contributed by atoms with Crippen molar-refractivity contribution in [2.45, 2.75) is 38.1 Å². The number of aliphatic hydroxyl groups excluding tert-OH is 2. The zero-order valence-corrected chi connectivity index (χ0v) is 21.5. The molecule has 3 atom stereocenters. The van der Waals surface area contributed by atoms with E-state index >= 15 is 0 Å². The molecule has 0 saturated carbocycles. The van der Waals surface area contributed by atoms with Crippen LogP contribution in [0.4, 0.5) is 0 Å². The first-order valence-corrected chi connectivity index (χ1v) is 12.1. The van der Waals surface area contributed by atoms with Crippen LogP contribution in [0.2, 0.25) is 0 Å². The van der Waals surface area contributed by atoms with Crippen molar-refractivity contribution < 1.29 is 38.6 Å². The van der Waals surface area contributed by atoms with E-state index in [0.717, 1.165) is 33.9 Å². The van der Waals surface area contributed by atoms with Crippen LogP contribution in [0, 0.1) is 0 Å². The van der Waals surface area contributed by atoms with E-state index in [1.54, 1.807) is 21.3 Å². The van der Waals surface area contributed by atoms with Crippen LogP contribution in [0.15, 0.2) is 72.8 Å². The molecule has 0 spiro atoms. The lowest BCUT2D eigenvalue weighted by molar-refractivity contribution is -0.170. The Kier molecular flexibility index (Phi) is 11.7. The van der Waals surface area contributed by atoms with Gasteiger partial charge in [0.1, 0.15) is 35.6 Å². The maximum absolute atomic E-state index is 10.2. The van der Waals surface area contributed by atoms with E-state index in [-0.39, 0.29) is 33.0 Å². The van der Waals surface area contributed by atoms with E-state index < -0.39 is 18.3 Å². The highest BCUT2D eigenvalue weighted by Gasteiger charge is 2.32. The van der Waals surface area contributed by atoms with Gasteiger partial charge in [-0.05, 0) is 53.1 Å². The van der Waals surface area contributed by atoms with Gasteiger partial charge in [-0.3, -0.25) is 0 Å². The largest absolute Gasteiger partial charge is 0.497 e. The molecule has 0 aliphatic rings. The normalized spacial score (nSPS) is 13.5. The lowest BCUT2D eigenvalue weighted by Crippen LogP contribution is -2.46. The lowest BCUT2D eigenvalue weighted by atomic mass is 10.1. The van der Waals surface area contributed by atoms with Crippen LogP contribution < -0.4 is 14.2 Å². The number of aliphatic hydroxyl groups is 2. The van der Waals surface area contributed by atoms with Gasteiger partial charge in [0.15, 0.2) is 0 Å². The van der Waals surface area contributed by atoms with E-state index in [4.69, 9.17) is 28.4 Å². The Morgan fingerprint density at radius 3 is 1.05 bits per heavy atom. The van der Waals surface area contributed by atoms with Crippen LogP contribution in [0.25, 0.3) is 0 Å². The molecule has 200 valence electrons. The molecular formula is C29H36O8. The van der Waals surface area contributed by atoms with Gasteiger partial charge >= 0.3 is 0 Å². The summed E-state index contributed by atoms with van der Waals surface area (Å²) < 4.78 is 34.0. The van der Waals surface area contributed by atoms with Crippen molar-refractivity contribution in [1.82, 2.24) is 0 Å². The number of hydrogen-bond acceptors (Lipinski definition) is 8. The first-order valence-electron chi connectivity index (χ1n) is 12.1. The van der Waals surface area contributed by atoms with Gasteiger partial charge in [-0.2, -0.15) is 0 Å². The molecule has 0 aliphatic heterocycles.